The van der Waals surface area contributed by atoms with Gasteiger partial charge in [-0.25, -0.2) is 9.59 Å². The monoisotopic (exact) mass is 297 g/mol. The molecule has 3 aliphatic heterocycles. The number of hydrogen-bond acceptors (Lipinski definition) is 3. The van der Waals surface area contributed by atoms with Crippen molar-refractivity contribution in [1.82, 2.24) is 15.1 Å². The molecule has 0 aromatic rings. The number of hydrogen-bond donors (Lipinski definition) is 3. The quantitative estimate of drug-likeness (QED) is 0.668. The first-order valence-corrected chi connectivity index (χ1v) is 7.79. The Morgan fingerprint density at radius 2 is 1.76 bits per heavy atom. The smallest absolute Gasteiger partial charge is 0.407 e. The number of fused-ring (bicyclic) bond motifs is 2. The second-order valence-corrected chi connectivity index (χ2v) is 6.43. The molecule has 2 bridgehead atoms. The van der Waals surface area contributed by atoms with Crippen molar-refractivity contribution in [1.29, 1.82) is 0 Å². The lowest BCUT2D eigenvalue weighted by Gasteiger charge is -2.39. The molecule has 0 saturated carbocycles. The van der Waals surface area contributed by atoms with E-state index in [-0.39, 0.29) is 30.3 Å². The first kappa shape index (κ1) is 14.4. The maximum Gasteiger partial charge on any atom is 0.407 e. The number of nitrogens with zero attached hydrogens (tertiary/aromatic N) is 2. The molecule has 7 heteroatoms. The van der Waals surface area contributed by atoms with Crippen LogP contribution < -0.4 is 5.32 Å². The molecule has 21 heavy (non-hydrogen) atoms. The van der Waals surface area contributed by atoms with Crippen LogP contribution >= 0.6 is 0 Å². The highest BCUT2D eigenvalue weighted by Gasteiger charge is 2.43. The van der Waals surface area contributed by atoms with Gasteiger partial charge in [0, 0.05) is 31.2 Å². The summed E-state index contributed by atoms with van der Waals surface area (Å²) in [6.07, 6.45) is 3.64. The van der Waals surface area contributed by atoms with Gasteiger partial charge in [-0.15, -0.1) is 0 Å². The van der Waals surface area contributed by atoms with E-state index >= 15 is 0 Å². The van der Waals surface area contributed by atoms with E-state index in [1.807, 2.05) is 4.90 Å². The maximum absolute atomic E-state index is 12.5. The van der Waals surface area contributed by atoms with E-state index in [0.717, 1.165) is 25.7 Å². The van der Waals surface area contributed by atoms with Gasteiger partial charge in [0.2, 0.25) is 0 Å². The number of amides is 3. The highest BCUT2D eigenvalue weighted by Crippen LogP contribution is 2.35. The molecule has 118 valence electrons. The third-order valence-electron chi connectivity index (χ3n) is 4.96. The standard InChI is InChI=1S/C14H23N3O4/c18-12-6-10-3-4-11(7-12)17(10)13(19)15-9-2-1-5-16(8-9)14(20)21/h9-12,18H,1-8H2,(H,15,19)(H,20,21)/t9-,10-,11+,12+/m0/s1. The number of likely N-dealkylation sites (tertiary alicyclic amines) is 1. The summed E-state index contributed by atoms with van der Waals surface area (Å²) in [6.45, 7) is 0.912. The molecule has 3 aliphatic rings. The summed E-state index contributed by atoms with van der Waals surface area (Å²) in [6, 6.07) is 0.0797. The van der Waals surface area contributed by atoms with E-state index in [1.165, 1.54) is 4.90 Å². The van der Waals surface area contributed by atoms with Gasteiger partial charge in [0.25, 0.3) is 0 Å². The summed E-state index contributed by atoms with van der Waals surface area (Å²) in [7, 11) is 0. The van der Waals surface area contributed by atoms with E-state index in [1.54, 1.807) is 0 Å². The SMILES string of the molecule is O=C(O)N1CCC[C@H](NC(=O)N2[C@@H]3CC[C@H]2C[C@@H](O)C3)C1. The zero-order valence-corrected chi connectivity index (χ0v) is 12.1. The minimum absolute atomic E-state index is 0.0911. The van der Waals surface area contributed by atoms with E-state index in [0.29, 0.717) is 25.9 Å². The number of nitrogens with one attached hydrogen (secondary N) is 1. The number of piperidine rings is 2. The number of urea groups is 1. The van der Waals surface area contributed by atoms with Crippen LogP contribution in [-0.4, -0.2) is 69.5 Å². The van der Waals surface area contributed by atoms with Crippen LogP contribution in [0.5, 0.6) is 0 Å². The van der Waals surface area contributed by atoms with Crippen LogP contribution in [0.2, 0.25) is 0 Å². The number of aliphatic hydroxyl groups is 1. The fourth-order valence-electron chi connectivity index (χ4n) is 4.00. The predicted octanol–water partition coefficient (Wildman–Crippen LogP) is 0.826. The number of rotatable bonds is 1. The zero-order valence-electron chi connectivity index (χ0n) is 12.1. The van der Waals surface area contributed by atoms with Gasteiger partial charge < -0.3 is 25.3 Å². The van der Waals surface area contributed by atoms with E-state index in [9.17, 15) is 14.7 Å². The van der Waals surface area contributed by atoms with Crippen molar-refractivity contribution in [2.75, 3.05) is 13.1 Å². The summed E-state index contributed by atoms with van der Waals surface area (Å²) in [5, 5.41) is 21.8. The van der Waals surface area contributed by atoms with Crippen LogP contribution in [0.1, 0.15) is 38.5 Å². The van der Waals surface area contributed by atoms with E-state index in [4.69, 9.17) is 5.11 Å². The molecule has 3 saturated heterocycles. The molecule has 3 N–H and O–H groups in total. The Balaban J connectivity index is 1.58. The van der Waals surface area contributed by atoms with Crippen molar-refractivity contribution in [3.63, 3.8) is 0 Å². The highest BCUT2D eigenvalue weighted by atomic mass is 16.4. The average molecular weight is 297 g/mol. The molecule has 0 aliphatic carbocycles. The Labute approximate surface area is 123 Å². The molecule has 4 atom stereocenters. The molecular weight excluding hydrogens is 274 g/mol. The molecule has 0 unspecified atom stereocenters. The molecule has 7 nitrogen and oxygen atoms in total. The van der Waals surface area contributed by atoms with E-state index in [2.05, 4.69) is 5.32 Å². The molecule has 0 aromatic heterocycles. The molecular formula is C14H23N3O4. The molecule has 3 heterocycles. The van der Waals surface area contributed by atoms with Gasteiger partial charge in [-0.1, -0.05) is 0 Å². The molecule has 3 rings (SSSR count). The van der Waals surface area contributed by atoms with Crippen molar-refractivity contribution in [2.24, 2.45) is 0 Å². The molecule has 0 spiro atoms. The van der Waals surface area contributed by atoms with Crippen LogP contribution in [0.25, 0.3) is 0 Å². The Bertz CT molecular complexity index is 416. The van der Waals surface area contributed by atoms with Gasteiger partial charge in [0.05, 0.1) is 6.10 Å². The van der Waals surface area contributed by atoms with Crippen LogP contribution in [0.3, 0.4) is 0 Å². The number of carbonyl (C=O) groups is 2. The summed E-state index contributed by atoms with van der Waals surface area (Å²) in [5.41, 5.74) is 0. The fourth-order valence-corrected chi connectivity index (χ4v) is 4.00. The number of carbonyl (C=O) groups excluding carboxylic acids is 1. The lowest BCUT2D eigenvalue weighted by Crippen LogP contribution is -2.56. The van der Waals surface area contributed by atoms with Crippen molar-refractivity contribution in [2.45, 2.75) is 62.8 Å². The Morgan fingerprint density at radius 1 is 1.10 bits per heavy atom. The predicted molar refractivity (Wildman–Crippen MR) is 75.0 cm³/mol. The van der Waals surface area contributed by atoms with Crippen molar-refractivity contribution < 1.29 is 19.8 Å². The lowest BCUT2D eigenvalue weighted by molar-refractivity contribution is 0.0520. The maximum atomic E-state index is 12.5. The molecule has 0 aromatic carbocycles. The topological polar surface area (TPSA) is 93.1 Å². The molecule has 0 radical (unpaired) electrons. The average Bonchev–Trinajstić information content (AvgIpc) is 2.71. The minimum atomic E-state index is -0.921. The van der Waals surface area contributed by atoms with Gasteiger partial charge in [0.1, 0.15) is 0 Å². The van der Waals surface area contributed by atoms with Crippen LogP contribution in [0.4, 0.5) is 9.59 Å². The van der Waals surface area contributed by atoms with Gasteiger partial charge in [0.15, 0.2) is 0 Å². The van der Waals surface area contributed by atoms with Crippen LogP contribution in [-0.2, 0) is 0 Å². The summed E-state index contributed by atoms with van der Waals surface area (Å²) < 4.78 is 0. The van der Waals surface area contributed by atoms with Crippen LogP contribution in [0.15, 0.2) is 0 Å². The van der Waals surface area contributed by atoms with Gasteiger partial charge in [-0.2, -0.15) is 0 Å². The zero-order chi connectivity index (χ0) is 15.0. The normalized spacial score (nSPS) is 35.7. The van der Waals surface area contributed by atoms with Gasteiger partial charge in [-0.3, -0.25) is 0 Å². The summed E-state index contributed by atoms with van der Waals surface area (Å²) in [5.74, 6) is 0. The van der Waals surface area contributed by atoms with Crippen LogP contribution in [0, 0.1) is 0 Å². The first-order valence-electron chi connectivity index (χ1n) is 7.79. The largest absolute Gasteiger partial charge is 0.465 e. The fraction of sp³-hybridized carbons (Fsp3) is 0.857. The Morgan fingerprint density at radius 3 is 2.38 bits per heavy atom. The highest BCUT2D eigenvalue weighted by molar-refractivity contribution is 5.76. The Kier molecular flexibility index (Phi) is 3.93. The third kappa shape index (κ3) is 2.92. The van der Waals surface area contributed by atoms with Gasteiger partial charge in [-0.05, 0) is 38.5 Å². The Hall–Kier alpha value is -1.50. The second kappa shape index (κ2) is 5.71. The van der Waals surface area contributed by atoms with Crippen molar-refractivity contribution in [3.05, 3.63) is 0 Å². The lowest BCUT2D eigenvalue weighted by atomic mass is 10.0. The molecule has 3 amide bonds. The second-order valence-electron chi connectivity index (χ2n) is 6.43. The van der Waals surface area contributed by atoms with Gasteiger partial charge >= 0.3 is 12.1 Å². The van der Waals surface area contributed by atoms with E-state index < -0.39 is 6.09 Å². The minimum Gasteiger partial charge on any atom is -0.465 e. The number of aliphatic hydroxyl groups excluding tert-OH is 1. The number of carboxylic acid groups (broad SMARTS) is 1. The van der Waals surface area contributed by atoms with Crippen molar-refractivity contribution >= 4 is 12.1 Å². The third-order valence-corrected chi connectivity index (χ3v) is 4.96. The van der Waals surface area contributed by atoms with Crippen molar-refractivity contribution in [3.8, 4) is 0 Å². The first-order chi connectivity index (χ1) is 10.0. The summed E-state index contributed by atoms with van der Waals surface area (Å²) in [4.78, 5) is 26.7. The molecule has 3 fully saturated rings. The summed E-state index contributed by atoms with van der Waals surface area (Å²) >= 11 is 0.